The molecule has 1 aromatic heterocycles. The lowest BCUT2D eigenvalue weighted by Gasteiger charge is -2.32. The number of anilines is 2. The minimum Gasteiger partial charge on any atom is -0.396 e. The van der Waals surface area contributed by atoms with Crippen molar-refractivity contribution >= 4 is 17.3 Å². The quantitative estimate of drug-likeness (QED) is 0.629. The first-order valence-corrected chi connectivity index (χ1v) is 6.34. The molecule has 0 amide bonds. The Morgan fingerprint density at radius 2 is 2.21 bits per heavy atom. The molecule has 0 aliphatic carbocycles. The number of aliphatic hydroxyl groups excluding tert-OH is 1. The molecule has 1 aliphatic heterocycles. The van der Waals surface area contributed by atoms with Gasteiger partial charge in [-0.1, -0.05) is 0 Å². The highest BCUT2D eigenvalue weighted by Crippen LogP contribution is 2.26. The molecule has 104 valence electrons. The van der Waals surface area contributed by atoms with Gasteiger partial charge in [0.15, 0.2) is 0 Å². The highest BCUT2D eigenvalue weighted by Gasteiger charge is 2.21. The van der Waals surface area contributed by atoms with Crippen molar-refractivity contribution in [1.29, 1.82) is 0 Å². The van der Waals surface area contributed by atoms with Gasteiger partial charge in [-0.05, 0) is 18.8 Å². The maximum absolute atomic E-state index is 10.9. The fourth-order valence-corrected chi connectivity index (χ4v) is 2.24. The second kappa shape index (κ2) is 5.83. The van der Waals surface area contributed by atoms with Crippen LogP contribution in [0.3, 0.4) is 0 Å². The van der Waals surface area contributed by atoms with Crippen LogP contribution < -0.4 is 10.2 Å². The summed E-state index contributed by atoms with van der Waals surface area (Å²) in [4.78, 5) is 16.9. The van der Waals surface area contributed by atoms with Gasteiger partial charge in [-0.2, -0.15) is 0 Å². The van der Waals surface area contributed by atoms with E-state index >= 15 is 0 Å². The molecule has 1 aliphatic rings. The average molecular weight is 266 g/mol. The zero-order chi connectivity index (χ0) is 13.8. The fraction of sp³-hybridized carbons (Fsp3) is 0.583. The van der Waals surface area contributed by atoms with E-state index in [4.69, 9.17) is 5.11 Å². The molecule has 19 heavy (non-hydrogen) atoms. The number of hydrogen-bond donors (Lipinski definition) is 2. The summed E-state index contributed by atoms with van der Waals surface area (Å²) in [6.07, 6.45) is 1.77. The summed E-state index contributed by atoms with van der Waals surface area (Å²) in [5.41, 5.74) is 0.0404. The van der Waals surface area contributed by atoms with Crippen molar-refractivity contribution in [3.05, 3.63) is 22.2 Å². The molecular formula is C12H18N4O3. The smallest absolute Gasteiger partial charge is 0.276 e. The van der Waals surface area contributed by atoms with E-state index in [1.807, 2.05) is 4.90 Å². The lowest BCUT2D eigenvalue weighted by molar-refractivity contribution is -0.384. The van der Waals surface area contributed by atoms with Crippen molar-refractivity contribution in [1.82, 2.24) is 4.98 Å². The molecule has 0 bridgehead atoms. The Bertz CT molecular complexity index is 458. The van der Waals surface area contributed by atoms with Crippen LogP contribution in [-0.4, -0.2) is 41.8 Å². The van der Waals surface area contributed by atoms with Crippen LogP contribution in [-0.2, 0) is 0 Å². The van der Waals surface area contributed by atoms with Crippen LogP contribution in [0.4, 0.5) is 17.3 Å². The molecule has 2 N–H and O–H groups in total. The van der Waals surface area contributed by atoms with Gasteiger partial charge in [-0.3, -0.25) is 10.1 Å². The Labute approximate surface area is 111 Å². The first kappa shape index (κ1) is 13.5. The van der Waals surface area contributed by atoms with Gasteiger partial charge in [0.25, 0.3) is 5.69 Å². The van der Waals surface area contributed by atoms with E-state index in [2.05, 4.69) is 10.3 Å². The SMILES string of the molecule is CNc1cc([N+](=O)[O-])cc(N2CCC(CO)CC2)n1. The summed E-state index contributed by atoms with van der Waals surface area (Å²) in [6, 6.07) is 2.92. The number of nitro groups is 1. The van der Waals surface area contributed by atoms with Crippen LogP contribution in [0.5, 0.6) is 0 Å². The van der Waals surface area contributed by atoms with Gasteiger partial charge in [0.1, 0.15) is 11.6 Å². The van der Waals surface area contributed by atoms with E-state index in [9.17, 15) is 10.1 Å². The van der Waals surface area contributed by atoms with E-state index in [1.165, 1.54) is 12.1 Å². The summed E-state index contributed by atoms with van der Waals surface area (Å²) in [7, 11) is 1.69. The Balaban J connectivity index is 2.20. The van der Waals surface area contributed by atoms with Crippen molar-refractivity contribution < 1.29 is 10.0 Å². The molecule has 0 aromatic carbocycles. The van der Waals surface area contributed by atoms with Crippen LogP contribution in [0.2, 0.25) is 0 Å². The normalized spacial score (nSPS) is 16.4. The maximum Gasteiger partial charge on any atom is 0.276 e. The van der Waals surface area contributed by atoms with Crippen LogP contribution in [0, 0.1) is 16.0 Å². The molecule has 7 nitrogen and oxygen atoms in total. The summed E-state index contributed by atoms with van der Waals surface area (Å²) < 4.78 is 0. The number of aromatic nitrogens is 1. The Kier molecular flexibility index (Phi) is 4.16. The second-order valence-electron chi connectivity index (χ2n) is 4.69. The zero-order valence-corrected chi connectivity index (χ0v) is 10.9. The van der Waals surface area contributed by atoms with E-state index in [-0.39, 0.29) is 12.3 Å². The Morgan fingerprint density at radius 1 is 1.53 bits per heavy atom. The topological polar surface area (TPSA) is 91.5 Å². The molecule has 2 rings (SSSR count). The molecular weight excluding hydrogens is 248 g/mol. The molecule has 1 aromatic rings. The monoisotopic (exact) mass is 266 g/mol. The molecule has 2 heterocycles. The first-order valence-electron chi connectivity index (χ1n) is 6.34. The molecule has 1 fully saturated rings. The summed E-state index contributed by atoms with van der Waals surface area (Å²) in [5, 5.41) is 22.9. The van der Waals surface area contributed by atoms with Gasteiger partial charge >= 0.3 is 0 Å². The highest BCUT2D eigenvalue weighted by atomic mass is 16.6. The van der Waals surface area contributed by atoms with E-state index in [0.29, 0.717) is 17.6 Å². The number of hydrogen-bond acceptors (Lipinski definition) is 6. The van der Waals surface area contributed by atoms with Gasteiger partial charge in [0.2, 0.25) is 0 Å². The van der Waals surface area contributed by atoms with Crippen LogP contribution >= 0.6 is 0 Å². The number of rotatable bonds is 4. The molecule has 1 saturated heterocycles. The summed E-state index contributed by atoms with van der Waals surface area (Å²) >= 11 is 0. The Hall–Kier alpha value is -1.89. The van der Waals surface area contributed by atoms with Gasteiger partial charge in [0, 0.05) is 26.7 Å². The minimum atomic E-state index is -0.410. The Morgan fingerprint density at radius 3 is 2.74 bits per heavy atom. The summed E-state index contributed by atoms with van der Waals surface area (Å²) in [6.45, 7) is 1.74. The molecule has 0 radical (unpaired) electrons. The third kappa shape index (κ3) is 3.11. The zero-order valence-electron chi connectivity index (χ0n) is 10.9. The van der Waals surface area contributed by atoms with Gasteiger partial charge in [-0.25, -0.2) is 4.98 Å². The van der Waals surface area contributed by atoms with E-state index in [1.54, 1.807) is 7.05 Å². The predicted octanol–water partition coefficient (Wildman–Crippen LogP) is 1.24. The molecule has 7 heteroatoms. The van der Waals surface area contributed by atoms with Crippen molar-refractivity contribution in [3.63, 3.8) is 0 Å². The lowest BCUT2D eigenvalue weighted by atomic mass is 9.98. The van der Waals surface area contributed by atoms with Gasteiger partial charge < -0.3 is 15.3 Å². The number of nitrogens with zero attached hydrogens (tertiary/aromatic N) is 3. The third-order valence-corrected chi connectivity index (χ3v) is 3.46. The van der Waals surface area contributed by atoms with Crippen LogP contribution in [0.15, 0.2) is 12.1 Å². The lowest BCUT2D eigenvalue weighted by Crippen LogP contribution is -2.35. The van der Waals surface area contributed by atoms with Crippen LogP contribution in [0.25, 0.3) is 0 Å². The standard InChI is InChI=1S/C12H18N4O3/c1-13-11-6-10(16(18)19)7-12(14-11)15-4-2-9(8-17)3-5-15/h6-7,9,17H,2-5,8H2,1H3,(H,13,14). The number of aliphatic hydroxyl groups is 1. The van der Waals surface area contributed by atoms with Gasteiger partial charge in [0.05, 0.1) is 17.1 Å². The number of pyridine rings is 1. The number of nitrogens with one attached hydrogen (secondary N) is 1. The first-order chi connectivity index (χ1) is 9.13. The second-order valence-corrected chi connectivity index (χ2v) is 4.69. The van der Waals surface area contributed by atoms with Crippen LogP contribution in [0.1, 0.15) is 12.8 Å². The van der Waals surface area contributed by atoms with Crippen molar-refractivity contribution in [2.75, 3.05) is 37.0 Å². The van der Waals surface area contributed by atoms with Crippen molar-refractivity contribution in [2.24, 2.45) is 5.92 Å². The largest absolute Gasteiger partial charge is 0.396 e. The van der Waals surface area contributed by atoms with E-state index in [0.717, 1.165) is 25.9 Å². The van der Waals surface area contributed by atoms with Gasteiger partial charge in [-0.15, -0.1) is 0 Å². The summed E-state index contributed by atoms with van der Waals surface area (Å²) in [5.74, 6) is 1.45. The molecule has 0 unspecified atom stereocenters. The predicted molar refractivity (Wildman–Crippen MR) is 72.5 cm³/mol. The van der Waals surface area contributed by atoms with Crippen molar-refractivity contribution in [3.8, 4) is 0 Å². The van der Waals surface area contributed by atoms with Crippen molar-refractivity contribution in [2.45, 2.75) is 12.8 Å². The molecule has 0 spiro atoms. The maximum atomic E-state index is 10.9. The average Bonchev–Trinajstić information content (AvgIpc) is 2.46. The fourth-order valence-electron chi connectivity index (χ4n) is 2.24. The number of piperidine rings is 1. The molecule has 0 atom stereocenters. The molecule has 0 saturated carbocycles. The van der Waals surface area contributed by atoms with E-state index < -0.39 is 4.92 Å². The minimum absolute atomic E-state index is 0.0404. The third-order valence-electron chi connectivity index (χ3n) is 3.46. The highest BCUT2D eigenvalue weighted by molar-refractivity contribution is 5.55.